The van der Waals surface area contributed by atoms with E-state index in [-0.39, 0.29) is 29.9 Å². The Morgan fingerprint density at radius 2 is 1.31 bits per heavy atom. The van der Waals surface area contributed by atoms with Gasteiger partial charge in [0.05, 0.1) is 6.61 Å². The molecule has 1 amide bonds. The van der Waals surface area contributed by atoms with Crippen molar-refractivity contribution in [2.75, 3.05) is 45.9 Å². The van der Waals surface area contributed by atoms with Crippen molar-refractivity contribution in [1.82, 2.24) is 9.80 Å². The molecule has 4 N–H and O–H groups in total. The molecule has 0 spiro atoms. The lowest BCUT2D eigenvalue weighted by Crippen LogP contribution is -2.47. The molecule has 2 aromatic rings. The van der Waals surface area contributed by atoms with Gasteiger partial charge >= 0.3 is 0 Å². The van der Waals surface area contributed by atoms with Crippen LogP contribution in [0.1, 0.15) is 23.7 Å². The average molecular weight is 422 g/mol. The molecule has 0 radical (unpaired) electrons. The summed E-state index contributed by atoms with van der Waals surface area (Å²) < 4.78 is 6.31. The van der Waals surface area contributed by atoms with Crippen LogP contribution in [0.2, 0.25) is 0 Å². The Morgan fingerprint density at radius 3 is 1.76 bits per heavy atom. The molecule has 1 aliphatic rings. The van der Waals surface area contributed by atoms with Crippen LogP contribution in [0, 0.1) is 0 Å². The third-order valence-corrected chi connectivity index (χ3v) is 5.04. The summed E-state index contributed by atoms with van der Waals surface area (Å²) in [5.41, 5.74) is 7.60. The second kappa shape index (κ2) is 13.3. The molecule has 29 heavy (non-hydrogen) atoms. The predicted octanol–water partition coefficient (Wildman–Crippen LogP) is 1.88. The number of rotatable bonds is 9. The Morgan fingerprint density at radius 1 is 0.862 bits per heavy atom. The Hall–Kier alpha value is -1.96. The fraction of sp³-hybridized carbons (Fsp3) is 0.409. The first kappa shape index (κ1) is 25.1. The average Bonchev–Trinajstić information content (AvgIpc) is 2.72. The van der Waals surface area contributed by atoms with Gasteiger partial charge in [0.1, 0.15) is 6.10 Å². The van der Waals surface area contributed by atoms with E-state index in [1.807, 2.05) is 12.1 Å². The van der Waals surface area contributed by atoms with Crippen LogP contribution in [0.5, 0.6) is 0 Å². The van der Waals surface area contributed by atoms with Crippen molar-refractivity contribution in [2.45, 2.75) is 12.5 Å². The van der Waals surface area contributed by atoms with Crippen LogP contribution < -0.4 is 5.73 Å². The number of primary amides is 1. The van der Waals surface area contributed by atoms with E-state index in [1.54, 1.807) is 0 Å². The van der Waals surface area contributed by atoms with Crippen molar-refractivity contribution in [3.63, 3.8) is 0 Å². The summed E-state index contributed by atoms with van der Waals surface area (Å²) in [5, 5.41) is 0. The van der Waals surface area contributed by atoms with E-state index in [4.69, 9.17) is 10.5 Å². The zero-order valence-electron chi connectivity index (χ0n) is 16.7. The number of nitrogens with two attached hydrogens (primary N) is 1. The molecule has 0 unspecified atom stereocenters. The van der Waals surface area contributed by atoms with Gasteiger partial charge in [-0.3, -0.25) is 9.69 Å². The number of carbonyl (C=O) groups excluding carboxylic acids is 1. The minimum Gasteiger partial charge on any atom is -0.412 e. The summed E-state index contributed by atoms with van der Waals surface area (Å²) >= 11 is 0. The number of carbonyl (C=O) groups is 1. The topological polar surface area (TPSA) is 90.3 Å². The molecule has 7 heteroatoms. The molecule has 0 saturated carbocycles. The maximum absolute atomic E-state index is 10.9. The van der Waals surface area contributed by atoms with Crippen LogP contribution in [0.25, 0.3) is 0 Å². The molecule has 0 aromatic heterocycles. The van der Waals surface area contributed by atoms with Crippen LogP contribution in [0.3, 0.4) is 0 Å². The van der Waals surface area contributed by atoms with Crippen LogP contribution >= 0.6 is 12.4 Å². The van der Waals surface area contributed by atoms with E-state index in [2.05, 4.69) is 58.3 Å². The number of halogens is 1. The second-order valence-electron chi connectivity index (χ2n) is 6.97. The van der Waals surface area contributed by atoms with Crippen LogP contribution in [0.4, 0.5) is 0 Å². The Balaban J connectivity index is 0.00000210. The summed E-state index contributed by atoms with van der Waals surface area (Å²) in [5.74, 6) is -0.223. The molecular formula is C22H32ClN3O3. The molecule has 1 fully saturated rings. The maximum atomic E-state index is 10.9. The van der Waals surface area contributed by atoms with E-state index in [0.29, 0.717) is 13.0 Å². The molecule has 0 aliphatic carbocycles. The minimum absolute atomic E-state index is 0. The van der Waals surface area contributed by atoms with Gasteiger partial charge in [-0.1, -0.05) is 60.7 Å². The molecule has 3 rings (SSSR count). The van der Waals surface area contributed by atoms with E-state index in [1.165, 1.54) is 11.1 Å². The number of amides is 1. The summed E-state index contributed by atoms with van der Waals surface area (Å²) in [4.78, 5) is 15.6. The lowest BCUT2D eigenvalue weighted by Gasteiger charge is -2.34. The molecule has 160 valence electrons. The fourth-order valence-electron chi connectivity index (χ4n) is 3.45. The zero-order chi connectivity index (χ0) is 18.9. The van der Waals surface area contributed by atoms with E-state index in [9.17, 15) is 4.79 Å². The van der Waals surface area contributed by atoms with Gasteiger partial charge in [-0.05, 0) is 11.1 Å². The number of benzene rings is 2. The van der Waals surface area contributed by atoms with E-state index < -0.39 is 0 Å². The molecule has 2 aromatic carbocycles. The molecule has 6 nitrogen and oxygen atoms in total. The quantitative estimate of drug-likeness (QED) is 0.669. The van der Waals surface area contributed by atoms with E-state index in [0.717, 1.165) is 39.3 Å². The highest BCUT2D eigenvalue weighted by molar-refractivity contribution is 5.85. The highest BCUT2D eigenvalue weighted by Gasteiger charge is 2.18. The summed E-state index contributed by atoms with van der Waals surface area (Å²) in [6.07, 6.45) is 0.406. The van der Waals surface area contributed by atoms with Crippen molar-refractivity contribution in [3.05, 3.63) is 71.8 Å². The number of nitrogens with zero attached hydrogens (tertiary/aromatic N) is 2. The molecule has 1 saturated heterocycles. The first-order chi connectivity index (χ1) is 13.2. The summed E-state index contributed by atoms with van der Waals surface area (Å²) in [6, 6.07) is 20.8. The van der Waals surface area contributed by atoms with Gasteiger partial charge in [-0.25, -0.2) is 0 Å². The molecule has 0 atom stereocenters. The lowest BCUT2D eigenvalue weighted by atomic mass is 10.0. The van der Waals surface area contributed by atoms with Crippen molar-refractivity contribution < 1.29 is 15.0 Å². The van der Waals surface area contributed by atoms with Crippen LogP contribution in [-0.2, 0) is 9.53 Å². The largest absolute Gasteiger partial charge is 0.412 e. The Bertz CT molecular complexity index is 655. The van der Waals surface area contributed by atoms with Crippen molar-refractivity contribution in [2.24, 2.45) is 5.73 Å². The second-order valence-corrected chi connectivity index (χ2v) is 6.97. The normalized spacial score (nSPS) is 14.8. The monoisotopic (exact) mass is 421 g/mol. The van der Waals surface area contributed by atoms with Crippen molar-refractivity contribution in [3.8, 4) is 0 Å². The molecule has 0 bridgehead atoms. The van der Waals surface area contributed by atoms with Crippen molar-refractivity contribution >= 4 is 18.3 Å². The number of hydrogen-bond donors (Lipinski definition) is 1. The van der Waals surface area contributed by atoms with Gasteiger partial charge in [0.15, 0.2) is 0 Å². The highest BCUT2D eigenvalue weighted by Crippen LogP contribution is 2.25. The fourth-order valence-corrected chi connectivity index (χ4v) is 3.45. The van der Waals surface area contributed by atoms with Gasteiger partial charge in [-0.15, -0.1) is 12.4 Å². The highest BCUT2D eigenvalue weighted by atomic mass is 35.5. The molecular weight excluding hydrogens is 390 g/mol. The van der Waals surface area contributed by atoms with Gasteiger partial charge < -0.3 is 20.8 Å². The smallest absolute Gasteiger partial charge is 0.218 e. The number of ether oxygens (including phenoxy) is 1. The third kappa shape index (κ3) is 8.12. The van der Waals surface area contributed by atoms with Crippen molar-refractivity contribution in [1.29, 1.82) is 0 Å². The van der Waals surface area contributed by atoms with Crippen LogP contribution in [0.15, 0.2) is 60.7 Å². The van der Waals surface area contributed by atoms with E-state index >= 15 is 0 Å². The predicted molar refractivity (Wildman–Crippen MR) is 118 cm³/mol. The van der Waals surface area contributed by atoms with Gasteiger partial charge in [0, 0.05) is 45.7 Å². The van der Waals surface area contributed by atoms with Gasteiger partial charge in [0.25, 0.3) is 0 Å². The Kier molecular flexibility index (Phi) is 11.5. The maximum Gasteiger partial charge on any atom is 0.218 e. The standard InChI is InChI=1S/C22H29N3O2.ClH.H2O/c23-21(26)11-12-24-13-15-25(16-14-24)17-18-27-22(19-7-3-1-4-8-19)20-9-5-2-6-10-20;;/h1-10,22H,11-18H2,(H2,23,26);1H;1H2. The first-order valence-electron chi connectivity index (χ1n) is 9.67. The third-order valence-electron chi connectivity index (χ3n) is 5.04. The zero-order valence-corrected chi connectivity index (χ0v) is 17.5. The van der Waals surface area contributed by atoms with Gasteiger partial charge in [0.2, 0.25) is 5.91 Å². The molecule has 1 aliphatic heterocycles. The first-order valence-corrected chi connectivity index (χ1v) is 9.67. The van der Waals surface area contributed by atoms with Crippen LogP contribution in [-0.4, -0.2) is 67.1 Å². The summed E-state index contributed by atoms with van der Waals surface area (Å²) in [7, 11) is 0. The number of hydrogen-bond acceptors (Lipinski definition) is 4. The SMILES string of the molecule is Cl.NC(=O)CCN1CCN(CCOC(c2ccccc2)c2ccccc2)CC1.O. The number of piperazine rings is 1. The molecule has 1 heterocycles. The summed E-state index contributed by atoms with van der Waals surface area (Å²) in [6.45, 7) is 6.34. The minimum atomic E-state index is -0.223. The Labute approximate surface area is 179 Å². The lowest BCUT2D eigenvalue weighted by molar-refractivity contribution is -0.118. The van der Waals surface area contributed by atoms with Gasteiger partial charge in [-0.2, -0.15) is 0 Å².